The summed E-state index contributed by atoms with van der Waals surface area (Å²) in [5, 5.41) is 0. The molecule has 4 heteroatoms. The zero-order valence-electron chi connectivity index (χ0n) is 13.4. The van der Waals surface area contributed by atoms with E-state index < -0.39 is 0 Å². The first-order valence-corrected chi connectivity index (χ1v) is 8.04. The monoisotopic (exact) mass is 292 g/mol. The molecule has 0 unspecified atom stereocenters. The van der Waals surface area contributed by atoms with Gasteiger partial charge in [-0.05, 0) is 25.1 Å². The maximum absolute atomic E-state index is 5.84. The van der Waals surface area contributed by atoms with Gasteiger partial charge in [0.15, 0.2) is 11.5 Å². The van der Waals surface area contributed by atoms with Crippen LogP contribution in [0.1, 0.15) is 19.8 Å². The normalized spacial score (nSPS) is 16.9. The number of para-hydroxylation sites is 2. The number of ether oxygens (including phenoxy) is 2. The molecule has 0 saturated carbocycles. The van der Waals surface area contributed by atoms with Crippen molar-refractivity contribution < 1.29 is 9.47 Å². The quantitative estimate of drug-likeness (QED) is 0.735. The zero-order chi connectivity index (χ0) is 14.9. The van der Waals surface area contributed by atoms with Crippen molar-refractivity contribution in [3.8, 4) is 11.5 Å². The van der Waals surface area contributed by atoms with E-state index in [-0.39, 0.29) is 0 Å². The van der Waals surface area contributed by atoms with E-state index in [2.05, 4.69) is 16.7 Å². The molecule has 0 aliphatic carbocycles. The minimum Gasteiger partial charge on any atom is -0.493 e. The molecule has 4 nitrogen and oxygen atoms in total. The molecule has 0 amide bonds. The van der Waals surface area contributed by atoms with Gasteiger partial charge in [-0.25, -0.2) is 0 Å². The summed E-state index contributed by atoms with van der Waals surface area (Å²) in [6.07, 6.45) is 2.60. The van der Waals surface area contributed by atoms with Crippen molar-refractivity contribution in [3.05, 3.63) is 24.3 Å². The molecular weight excluding hydrogens is 264 g/mol. The van der Waals surface area contributed by atoms with Crippen LogP contribution in [-0.4, -0.2) is 62.8 Å². The Labute approximate surface area is 128 Å². The summed E-state index contributed by atoms with van der Waals surface area (Å²) >= 11 is 0. The lowest BCUT2D eigenvalue weighted by molar-refractivity contribution is 0.115. The second-order valence-electron chi connectivity index (χ2n) is 5.54. The van der Waals surface area contributed by atoms with Gasteiger partial charge in [0, 0.05) is 32.7 Å². The van der Waals surface area contributed by atoms with Crippen LogP contribution in [0.15, 0.2) is 24.3 Å². The Kier molecular flexibility index (Phi) is 6.83. The van der Waals surface area contributed by atoms with Gasteiger partial charge >= 0.3 is 0 Å². The number of nitrogens with zero attached hydrogens (tertiary/aromatic N) is 2. The molecule has 118 valence electrons. The average Bonchev–Trinajstić information content (AvgIpc) is 2.54. The smallest absolute Gasteiger partial charge is 0.161 e. The third-order valence-electron chi connectivity index (χ3n) is 4.03. The molecule has 0 radical (unpaired) electrons. The third-order valence-corrected chi connectivity index (χ3v) is 4.03. The summed E-state index contributed by atoms with van der Waals surface area (Å²) in [7, 11) is 1.68. The van der Waals surface area contributed by atoms with Crippen LogP contribution in [0.5, 0.6) is 11.5 Å². The average molecular weight is 292 g/mol. The molecule has 1 aromatic rings. The highest BCUT2D eigenvalue weighted by Gasteiger charge is 2.16. The van der Waals surface area contributed by atoms with E-state index in [0.717, 1.165) is 37.7 Å². The van der Waals surface area contributed by atoms with Gasteiger partial charge in [0.25, 0.3) is 0 Å². The van der Waals surface area contributed by atoms with Crippen molar-refractivity contribution in [2.24, 2.45) is 0 Å². The van der Waals surface area contributed by atoms with Gasteiger partial charge in [0.1, 0.15) is 6.61 Å². The summed E-state index contributed by atoms with van der Waals surface area (Å²) < 4.78 is 11.1. The number of unbranched alkanes of at least 4 members (excludes halogenated alkanes) is 1. The molecule has 1 aliphatic heterocycles. The molecule has 0 N–H and O–H groups in total. The fourth-order valence-electron chi connectivity index (χ4n) is 2.64. The van der Waals surface area contributed by atoms with Gasteiger partial charge in [0.2, 0.25) is 0 Å². The molecule has 0 spiro atoms. The van der Waals surface area contributed by atoms with Crippen molar-refractivity contribution in [2.75, 3.05) is 53.0 Å². The van der Waals surface area contributed by atoms with Crippen LogP contribution in [0.2, 0.25) is 0 Å². The molecule has 1 aromatic carbocycles. The highest BCUT2D eigenvalue weighted by Crippen LogP contribution is 2.25. The van der Waals surface area contributed by atoms with Crippen LogP contribution in [0, 0.1) is 0 Å². The fraction of sp³-hybridized carbons (Fsp3) is 0.647. The molecule has 1 fully saturated rings. The number of benzene rings is 1. The standard InChI is InChI=1S/C17H28N2O2/c1-3-4-9-18-10-12-19(13-11-18)14-15-21-17-8-6-5-7-16(17)20-2/h5-8H,3-4,9-15H2,1-2H3. The molecule has 1 saturated heterocycles. The third kappa shape index (κ3) is 5.21. The molecular formula is C17H28N2O2. The SMILES string of the molecule is CCCCN1CCN(CCOc2ccccc2OC)CC1. The van der Waals surface area contributed by atoms with Crippen LogP contribution >= 0.6 is 0 Å². The predicted octanol–water partition coefficient (Wildman–Crippen LogP) is 2.49. The van der Waals surface area contributed by atoms with E-state index in [1.807, 2.05) is 24.3 Å². The topological polar surface area (TPSA) is 24.9 Å². The lowest BCUT2D eigenvalue weighted by Crippen LogP contribution is -2.47. The Hall–Kier alpha value is -1.26. The van der Waals surface area contributed by atoms with Gasteiger partial charge in [-0.2, -0.15) is 0 Å². The number of rotatable bonds is 8. The van der Waals surface area contributed by atoms with E-state index in [9.17, 15) is 0 Å². The Morgan fingerprint density at radius 3 is 2.19 bits per heavy atom. The van der Waals surface area contributed by atoms with Crippen molar-refractivity contribution in [1.29, 1.82) is 0 Å². The maximum atomic E-state index is 5.84. The summed E-state index contributed by atoms with van der Waals surface area (Å²) in [6, 6.07) is 7.83. The van der Waals surface area contributed by atoms with Gasteiger partial charge in [-0.15, -0.1) is 0 Å². The molecule has 2 rings (SSSR count). The molecule has 0 aromatic heterocycles. The zero-order valence-corrected chi connectivity index (χ0v) is 13.4. The Balaban J connectivity index is 1.66. The first-order valence-electron chi connectivity index (χ1n) is 8.04. The van der Waals surface area contributed by atoms with E-state index in [0.29, 0.717) is 0 Å². The van der Waals surface area contributed by atoms with Crippen LogP contribution in [0.25, 0.3) is 0 Å². The summed E-state index contributed by atoms with van der Waals surface area (Å²) in [4.78, 5) is 5.05. The summed E-state index contributed by atoms with van der Waals surface area (Å²) in [5.74, 6) is 1.64. The number of hydrogen-bond acceptors (Lipinski definition) is 4. The minimum absolute atomic E-state index is 0.718. The summed E-state index contributed by atoms with van der Waals surface area (Å²) in [5.41, 5.74) is 0. The van der Waals surface area contributed by atoms with Gasteiger partial charge in [-0.3, -0.25) is 4.90 Å². The Bertz CT molecular complexity index is 404. The van der Waals surface area contributed by atoms with E-state index >= 15 is 0 Å². The van der Waals surface area contributed by atoms with Crippen molar-refractivity contribution >= 4 is 0 Å². The number of piperazine rings is 1. The number of hydrogen-bond donors (Lipinski definition) is 0. The van der Waals surface area contributed by atoms with Gasteiger partial charge in [0.05, 0.1) is 7.11 Å². The molecule has 0 bridgehead atoms. The fourth-order valence-corrected chi connectivity index (χ4v) is 2.64. The van der Waals surface area contributed by atoms with E-state index in [1.54, 1.807) is 7.11 Å². The lowest BCUT2D eigenvalue weighted by Gasteiger charge is -2.34. The minimum atomic E-state index is 0.718. The maximum Gasteiger partial charge on any atom is 0.161 e. The van der Waals surface area contributed by atoms with Crippen molar-refractivity contribution in [1.82, 2.24) is 9.80 Å². The van der Waals surface area contributed by atoms with Crippen LogP contribution < -0.4 is 9.47 Å². The molecule has 1 heterocycles. The van der Waals surface area contributed by atoms with E-state index in [4.69, 9.17) is 9.47 Å². The molecule has 0 atom stereocenters. The lowest BCUT2D eigenvalue weighted by atomic mass is 10.2. The first-order chi connectivity index (χ1) is 10.3. The Morgan fingerprint density at radius 2 is 1.57 bits per heavy atom. The largest absolute Gasteiger partial charge is 0.493 e. The van der Waals surface area contributed by atoms with E-state index in [1.165, 1.54) is 32.5 Å². The van der Waals surface area contributed by atoms with Crippen molar-refractivity contribution in [2.45, 2.75) is 19.8 Å². The second kappa shape index (κ2) is 8.90. The first kappa shape index (κ1) is 16.1. The summed E-state index contributed by atoms with van der Waals surface area (Å²) in [6.45, 7) is 9.89. The van der Waals surface area contributed by atoms with Crippen LogP contribution in [0.4, 0.5) is 0 Å². The van der Waals surface area contributed by atoms with Crippen LogP contribution in [-0.2, 0) is 0 Å². The highest BCUT2D eigenvalue weighted by molar-refractivity contribution is 5.39. The van der Waals surface area contributed by atoms with Crippen LogP contribution in [0.3, 0.4) is 0 Å². The molecule has 21 heavy (non-hydrogen) atoms. The van der Waals surface area contributed by atoms with Gasteiger partial charge in [-0.1, -0.05) is 25.5 Å². The number of methoxy groups -OCH3 is 1. The highest BCUT2D eigenvalue weighted by atomic mass is 16.5. The molecule has 1 aliphatic rings. The van der Waals surface area contributed by atoms with Gasteiger partial charge < -0.3 is 14.4 Å². The second-order valence-corrected chi connectivity index (χ2v) is 5.54. The Morgan fingerprint density at radius 1 is 0.952 bits per heavy atom. The predicted molar refractivity (Wildman–Crippen MR) is 86.3 cm³/mol. The van der Waals surface area contributed by atoms with Crippen molar-refractivity contribution in [3.63, 3.8) is 0 Å².